The van der Waals surface area contributed by atoms with Gasteiger partial charge in [0.25, 0.3) is 0 Å². The summed E-state index contributed by atoms with van der Waals surface area (Å²) in [5.74, 6) is 0. The number of aromatic amines is 1. The Balaban J connectivity index is 1.64. The van der Waals surface area contributed by atoms with Crippen molar-refractivity contribution in [3.05, 3.63) is 17.7 Å². The largest absolute Gasteiger partial charge is 0.383 e. The summed E-state index contributed by atoms with van der Waals surface area (Å²) in [7, 11) is 1.75. The van der Waals surface area contributed by atoms with Crippen LogP contribution in [-0.2, 0) is 20.8 Å². The summed E-state index contributed by atoms with van der Waals surface area (Å²) in [6.07, 6.45) is 1.77. The van der Waals surface area contributed by atoms with Gasteiger partial charge >= 0.3 is 0 Å². The van der Waals surface area contributed by atoms with Crippen LogP contribution < -0.4 is 0 Å². The van der Waals surface area contributed by atoms with E-state index in [1.54, 1.807) is 13.4 Å². The van der Waals surface area contributed by atoms with Crippen molar-refractivity contribution in [3.63, 3.8) is 0 Å². The van der Waals surface area contributed by atoms with E-state index in [1.807, 2.05) is 0 Å². The Bertz CT molecular complexity index is 495. The van der Waals surface area contributed by atoms with Gasteiger partial charge in [-0.1, -0.05) is 0 Å². The number of aryl methyl sites for hydroxylation is 1. The summed E-state index contributed by atoms with van der Waals surface area (Å²) in [4.78, 5) is 12.4. The summed E-state index contributed by atoms with van der Waals surface area (Å²) in [6, 6.07) is 0. The summed E-state index contributed by atoms with van der Waals surface area (Å²) in [6.45, 7) is 10.4. The zero-order valence-corrected chi connectivity index (χ0v) is 14.2. The van der Waals surface area contributed by atoms with Gasteiger partial charge in [-0.25, -0.2) is 4.98 Å². The number of aromatic nitrogens is 2. The highest BCUT2D eigenvalue weighted by Gasteiger charge is 2.40. The lowest BCUT2D eigenvalue weighted by atomic mass is 10.0. The van der Waals surface area contributed by atoms with Crippen LogP contribution in [0, 0.1) is 6.92 Å². The fourth-order valence-electron chi connectivity index (χ4n) is 3.40. The number of hydrogen-bond donors (Lipinski definition) is 1. The minimum Gasteiger partial charge on any atom is -0.383 e. The number of nitrogens with zero attached hydrogens (tertiary/aromatic N) is 3. The first kappa shape index (κ1) is 16.9. The summed E-state index contributed by atoms with van der Waals surface area (Å²) < 4.78 is 17.3. The van der Waals surface area contributed by atoms with Crippen molar-refractivity contribution in [3.8, 4) is 0 Å². The molecule has 1 aromatic rings. The highest BCUT2D eigenvalue weighted by molar-refractivity contribution is 5.09. The Labute approximate surface area is 137 Å². The highest BCUT2D eigenvalue weighted by Crippen LogP contribution is 2.23. The van der Waals surface area contributed by atoms with Crippen molar-refractivity contribution >= 4 is 0 Å². The Hall–Kier alpha value is -0.990. The van der Waals surface area contributed by atoms with Crippen molar-refractivity contribution in [2.24, 2.45) is 0 Å². The molecular weight excluding hydrogens is 296 g/mol. The van der Waals surface area contributed by atoms with Gasteiger partial charge in [0.1, 0.15) is 5.60 Å². The molecule has 1 N–H and O–H groups in total. The first-order valence-electron chi connectivity index (χ1n) is 8.35. The highest BCUT2D eigenvalue weighted by atomic mass is 16.5. The van der Waals surface area contributed by atoms with Crippen molar-refractivity contribution in [2.45, 2.75) is 19.1 Å². The molecule has 2 aliphatic heterocycles. The molecule has 7 heteroatoms. The quantitative estimate of drug-likeness (QED) is 0.839. The standard InChI is InChI=1S/C16H28N4O3/c1-14-15(18-13-17-14)9-20-5-8-23-16(11-20)10-19(3-6-21-2)4-7-22-12-16/h13H,3-12H2,1-2H3,(H,17,18). The maximum Gasteiger partial charge on any atom is 0.117 e. The summed E-state index contributed by atoms with van der Waals surface area (Å²) >= 11 is 0. The van der Waals surface area contributed by atoms with E-state index in [2.05, 4.69) is 26.7 Å². The van der Waals surface area contributed by atoms with Crippen LogP contribution in [0.15, 0.2) is 6.33 Å². The van der Waals surface area contributed by atoms with Crippen LogP contribution >= 0.6 is 0 Å². The third-order valence-corrected chi connectivity index (χ3v) is 4.68. The molecule has 0 radical (unpaired) electrons. The summed E-state index contributed by atoms with van der Waals surface area (Å²) in [5.41, 5.74) is 2.02. The SMILES string of the molecule is COCCN1CCOCC2(C1)CN(Cc1nc[nH]c1C)CCO2. The van der Waals surface area contributed by atoms with Gasteiger partial charge in [0.15, 0.2) is 0 Å². The fourth-order valence-corrected chi connectivity index (χ4v) is 3.40. The van der Waals surface area contributed by atoms with Crippen molar-refractivity contribution in [1.29, 1.82) is 0 Å². The van der Waals surface area contributed by atoms with E-state index < -0.39 is 0 Å². The minimum atomic E-state index is -0.243. The van der Waals surface area contributed by atoms with Gasteiger partial charge in [0, 0.05) is 52.1 Å². The smallest absolute Gasteiger partial charge is 0.117 e. The molecule has 7 nitrogen and oxygen atoms in total. The molecule has 0 aliphatic carbocycles. The molecule has 1 spiro atoms. The molecule has 23 heavy (non-hydrogen) atoms. The average molecular weight is 324 g/mol. The molecule has 2 aliphatic rings. The molecule has 2 saturated heterocycles. The number of methoxy groups -OCH3 is 1. The van der Waals surface area contributed by atoms with Gasteiger partial charge in [0.2, 0.25) is 0 Å². The first-order chi connectivity index (χ1) is 11.2. The van der Waals surface area contributed by atoms with Crippen molar-refractivity contribution in [2.75, 3.05) is 66.3 Å². The zero-order valence-electron chi connectivity index (χ0n) is 14.2. The molecule has 0 aromatic carbocycles. The topological polar surface area (TPSA) is 62.9 Å². The van der Waals surface area contributed by atoms with Gasteiger partial charge in [-0.3, -0.25) is 9.80 Å². The van der Waals surface area contributed by atoms with Crippen LogP contribution in [-0.4, -0.2) is 91.6 Å². The lowest BCUT2D eigenvalue weighted by molar-refractivity contribution is -0.143. The molecular formula is C16H28N4O3. The Morgan fingerprint density at radius 1 is 1.30 bits per heavy atom. The molecule has 1 unspecified atom stereocenters. The predicted molar refractivity (Wildman–Crippen MR) is 86.4 cm³/mol. The number of ether oxygens (including phenoxy) is 3. The van der Waals surface area contributed by atoms with E-state index in [4.69, 9.17) is 14.2 Å². The van der Waals surface area contributed by atoms with Crippen LogP contribution in [0.3, 0.4) is 0 Å². The number of morpholine rings is 1. The molecule has 0 saturated carbocycles. The number of H-pyrrole nitrogens is 1. The second-order valence-corrected chi connectivity index (χ2v) is 6.54. The average Bonchev–Trinajstić information content (AvgIpc) is 2.84. The molecule has 3 rings (SSSR count). The number of imidazole rings is 1. The molecule has 1 atom stereocenters. The van der Waals surface area contributed by atoms with Crippen LogP contribution in [0.25, 0.3) is 0 Å². The maximum atomic E-state index is 6.20. The van der Waals surface area contributed by atoms with E-state index in [9.17, 15) is 0 Å². The number of nitrogens with one attached hydrogen (secondary N) is 1. The van der Waals surface area contributed by atoms with Crippen LogP contribution in [0.1, 0.15) is 11.4 Å². The first-order valence-corrected chi connectivity index (χ1v) is 8.35. The van der Waals surface area contributed by atoms with Gasteiger partial charge in [-0.05, 0) is 6.92 Å². The van der Waals surface area contributed by atoms with E-state index >= 15 is 0 Å². The Morgan fingerprint density at radius 2 is 2.13 bits per heavy atom. The molecule has 0 amide bonds. The second kappa shape index (κ2) is 7.72. The molecule has 3 heterocycles. The Morgan fingerprint density at radius 3 is 2.91 bits per heavy atom. The van der Waals surface area contributed by atoms with Crippen LogP contribution in [0.5, 0.6) is 0 Å². The lowest BCUT2D eigenvalue weighted by Crippen LogP contribution is -2.58. The van der Waals surface area contributed by atoms with E-state index in [1.165, 1.54) is 0 Å². The zero-order chi connectivity index (χ0) is 16.1. The predicted octanol–water partition coefficient (Wildman–Crippen LogP) is 0.268. The van der Waals surface area contributed by atoms with Gasteiger partial charge in [-0.2, -0.15) is 0 Å². The third kappa shape index (κ3) is 4.30. The van der Waals surface area contributed by atoms with E-state index in [0.717, 1.165) is 70.5 Å². The molecule has 2 fully saturated rings. The molecule has 1 aromatic heterocycles. The van der Waals surface area contributed by atoms with Crippen molar-refractivity contribution in [1.82, 2.24) is 19.8 Å². The molecule has 0 bridgehead atoms. The van der Waals surface area contributed by atoms with Crippen LogP contribution in [0.4, 0.5) is 0 Å². The summed E-state index contributed by atoms with van der Waals surface area (Å²) in [5, 5.41) is 0. The van der Waals surface area contributed by atoms with E-state index in [-0.39, 0.29) is 5.60 Å². The number of hydrogen-bond acceptors (Lipinski definition) is 6. The van der Waals surface area contributed by atoms with E-state index in [0.29, 0.717) is 6.61 Å². The maximum absolute atomic E-state index is 6.20. The third-order valence-electron chi connectivity index (χ3n) is 4.68. The van der Waals surface area contributed by atoms with Gasteiger partial charge in [0.05, 0.1) is 38.4 Å². The monoisotopic (exact) mass is 324 g/mol. The normalized spacial score (nSPS) is 27.4. The second-order valence-electron chi connectivity index (χ2n) is 6.54. The Kier molecular flexibility index (Phi) is 5.66. The fraction of sp³-hybridized carbons (Fsp3) is 0.812. The van der Waals surface area contributed by atoms with Gasteiger partial charge in [-0.15, -0.1) is 0 Å². The minimum absolute atomic E-state index is 0.243. The van der Waals surface area contributed by atoms with Crippen molar-refractivity contribution < 1.29 is 14.2 Å². The molecule has 130 valence electrons. The number of rotatable bonds is 5. The van der Waals surface area contributed by atoms with Crippen LogP contribution in [0.2, 0.25) is 0 Å². The van der Waals surface area contributed by atoms with Gasteiger partial charge < -0.3 is 19.2 Å². The lowest BCUT2D eigenvalue weighted by Gasteiger charge is -2.43.